The Bertz CT molecular complexity index is 709. The Labute approximate surface area is 127 Å². The van der Waals surface area contributed by atoms with Crippen molar-refractivity contribution >= 4 is 23.7 Å². The van der Waals surface area contributed by atoms with Crippen LogP contribution in [0.4, 0.5) is 5.69 Å². The van der Waals surface area contributed by atoms with E-state index in [-0.39, 0.29) is 5.75 Å². The molecule has 0 radical (unpaired) electrons. The Kier molecular flexibility index (Phi) is 4.87. The van der Waals surface area contributed by atoms with Crippen LogP contribution in [-0.4, -0.2) is 23.1 Å². The van der Waals surface area contributed by atoms with Crippen LogP contribution in [0.5, 0.6) is 5.75 Å². The predicted molar refractivity (Wildman–Crippen MR) is 83.7 cm³/mol. The molecular weight excluding hydrogens is 282 g/mol. The molecule has 0 heterocycles. The number of phenolic OH excluding ortho intramolecular Hbond substituents is 1. The zero-order valence-corrected chi connectivity index (χ0v) is 11.9. The number of phenols is 1. The number of aryl methyl sites for hydroxylation is 1. The van der Waals surface area contributed by atoms with E-state index in [1.54, 1.807) is 30.3 Å². The molecule has 2 aromatic rings. The Hall–Kier alpha value is -3.15. The van der Waals surface area contributed by atoms with Crippen molar-refractivity contribution in [3.63, 3.8) is 0 Å². The van der Waals surface area contributed by atoms with Crippen molar-refractivity contribution in [3.05, 3.63) is 59.7 Å². The number of nitrogens with one attached hydrogen (secondary N) is 2. The van der Waals surface area contributed by atoms with E-state index in [1.165, 1.54) is 12.3 Å². The van der Waals surface area contributed by atoms with Crippen molar-refractivity contribution in [3.8, 4) is 5.75 Å². The first kappa shape index (κ1) is 15.2. The van der Waals surface area contributed by atoms with E-state index in [0.717, 1.165) is 5.56 Å². The lowest BCUT2D eigenvalue weighted by atomic mass is 10.2. The minimum absolute atomic E-state index is 0.0320. The smallest absolute Gasteiger partial charge is 0.329 e. The van der Waals surface area contributed by atoms with Gasteiger partial charge in [0.25, 0.3) is 0 Å². The Balaban J connectivity index is 1.90. The van der Waals surface area contributed by atoms with Gasteiger partial charge >= 0.3 is 11.8 Å². The minimum Gasteiger partial charge on any atom is -0.507 e. The number of anilines is 1. The molecule has 0 bridgehead atoms. The second-order valence-corrected chi connectivity index (χ2v) is 4.58. The number of carbonyl (C=O) groups is 2. The summed E-state index contributed by atoms with van der Waals surface area (Å²) in [4.78, 5) is 23.3. The fraction of sp³-hybridized carbons (Fsp3) is 0.0625. The average Bonchev–Trinajstić information content (AvgIpc) is 2.51. The van der Waals surface area contributed by atoms with Gasteiger partial charge in [0.1, 0.15) is 5.75 Å². The number of amides is 2. The molecule has 2 rings (SSSR count). The van der Waals surface area contributed by atoms with Crippen molar-refractivity contribution < 1.29 is 14.7 Å². The highest BCUT2D eigenvalue weighted by atomic mass is 16.3. The van der Waals surface area contributed by atoms with Gasteiger partial charge in [0.15, 0.2) is 0 Å². The van der Waals surface area contributed by atoms with E-state index >= 15 is 0 Å². The molecule has 0 aliphatic heterocycles. The Morgan fingerprint density at radius 1 is 1.05 bits per heavy atom. The molecule has 0 fully saturated rings. The molecule has 3 N–H and O–H groups in total. The van der Waals surface area contributed by atoms with Gasteiger partial charge in [-0.3, -0.25) is 9.59 Å². The number of hydrogen-bond donors (Lipinski definition) is 3. The summed E-state index contributed by atoms with van der Waals surface area (Å²) in [6.45, 7) is 1.92. The lowest BCUT2D eigenvalue weighted by Crippen LogP contribution is -2.32. The van der Waals surface area contributed by atoms with Crippen LogP contribution in [0.25, 0.3) is 0 Å². The van der Waals surface area contributed by atoms with Crippen LogP contribution in [0, 0.1) is 6.92 Å². The maximum absolute atomic E-state index is 11.7. The maximum Gasteiger partial charge on any atom is 0.329 e. The van der Waals surface area contributed by atoms with Gasteiger partial charge < -0.3 is 10.4 Å². The highest BCUT2D eigenvalue weighted by Gasteiger charge is 2.12. The molecular formula is C16H15N3O3. The average molecular weight is 297 g/mol. The molecule has 0 unspecified atom stereocenters. The maximum atomic E-state index is 11.7. The molecule has 112 valence electrons. The summed E-state index contributed by atoms with van der Waals surface area (Å²) < 4.78 is 0. The minimum atomic E-state index is -0.896. The topological polar surface area (TPSA) is 90.8 Å². The standard InChI is InChI=1S/C16H15N3O3/c1-11-6-8-13(9-7-11)18-15(21)16(22)19-17-10-12-4-2-3-5-14(12)20/h2-10,20H,1H3,(H,18,21)(H,19,22)/b17-10+. The van der Waals surface area contributed by atoms with Crippen molar-refractivity contribution in [2.45, 2.75) is 6.92 Å². The van der Waals surface area contributed by atoms with E-state index in [9.17, 15) is 14.7 Å². The molecule has 2 amide bonds. The fourth-order valence-electron chi connectivity index (χ4n) is 1.63. The highest BCUT2D eigenvalue weighted by molar-refractivity contribution is 6.39. The van der Waals surface area contributed by atoms with Crippen molar-refractivity contribution in [2.24, 2.45) is 5.10 Å². The van der Waals surface area contributed by atoms with E-state index in [2.05, 4.69) is 15.8 Å². The third-order valence-corrected chi connectivity index (χ3v) is 2.82. The van der Waals surface area contributed by atoms with E-state index in [1.807, 2.05) is 19.1 Å². The van der Waals surface area contributed by atoms with Crippen molar-refractivity contribution in [1.29, 1.82) is 0 Å². The molecule has 0 spiro atoms. The number of hydrogen-bond acceptors (Lipinski definition) is 4. The number of rotatable bonds is 3. The summed E-state index contributed by atoms with van der Waals surface area (Å²) in [6.07, 6.45) is 1.26. The molecule has 0 aliphatic rings. The van der Waals surface area contributed by atoms with Gasteiger partial charge in [0.2, 0.25) is 0 Å². The number of aromatic hydroxyl groups is 1. The molecule has 0 saturated carbocycles. The van der Waals surface area contributed by atoms with Crippen LogP contribution >= 0.6 is 0 Å². The van der Waals surface area contributed by atoms with E-state index < -0.39 is 11.8 Å². The first-order valence-corrected chi connectivity index (χ1v) is 6.55. The predicted octanol–water partition coefficient (Wildman–Crippen LogP) is 1.79. The van der Waals surface area contributed by atoms with E-state index in [0.29, 0.717) is 11.3 Å². The normalized spacial score (nSPS) is 10.4. The number of carbonyl (C=O) groups excluding carboxylic acids is 2. The molecule has 0 aromatic heterocycles. The van der Waals surface area contributed by atoms with Crippen LogP contribution in [-0.2, 0) is 9.59 Å². The van der Waals surface area contributed by atoms with Gasteiger partial charge in [-0.2, -0.15) is 5.10 Å². The SMILES string of the molecule is Cc1ccc(NC(=O)C(=O)N/N=C/c2ccccc2O)cc1. The fourth-order valence-corrected chi connectivity index (χ4v) is 1.63. The lowest BCUT2D eigenvalue weighted by Gasteiger charge is -2.04. The van der Waals surface area contributed by atoms with Crippen molar-refractivity contribution in [1.82, 2.24) is 5.43 Å². The molecule has 0 atom stereocenters. The quantitative estimate of drug-likeness (QED) is 0.458. The lowest BCUT2D eigenvalue weighted by molar-refractivity contribution is -0.136. The van der Waals surface area contributed by atoms with Crippen LogP contribution in [0.1, 0.15) is 11.1 Å². The Morgan fingerprint density at radius 2 is 1.73 bits per heavy atom. The summed E-state index contributed by atoms with van der Waals surface area (Å²) in [5, 5.41) is 15.6. The third kappa shape index (κ3) is 4.17. The first-order valence-electron chi connectivity index (χ1n) is 6.55. The summed E-state index contributed by atoms with van der Waals surface area (Å²) in [5.41, 5.74) is 4.10. The van der Waals surface area contributed by atoms with Gasteiger partial charge in [-0.15, -0.1) is 0 Å². The highest BCUT2D eigenvalue weighted by Crippen LogP contribution is 2.12. The van der Waals surface area contributed by atoms with Crippen LogP contribution in [0.3, 0.4) is 0 Å². The number of para-hydroxylation sites is 1. The zero-order chi connectivity index (χ0) is 15.9. The number of hydrazone groups is 1. The van der Waals surface area contributed by atoms with Gasteiger partial charge in [-0.1, -0.05) is 29.8 Å². The largest absolute Gasteiger partial charge is 0.507 e. The molecule has 22 heavy (non-hydrogen) atoms. The van der Waals surface area contributed by atoms with Crippen molar-refractivity contribution in [2.75, 3.05) is 5.32 Å². The number of nitrogens with zero attached hydrogens (tertiary/aromatic N) is 1. The summed E-state index contributed by atoms with van der Waals surface area (Å²) in [6, 6.07) is 13.5. The molecule has 2 aromatic carbocycles. The van der Waals surface area contributed by atoms with Gasteiger partial charge in [0, 0.05) is 11.3 Å². The third-order valence-electron chi connectivity index (χ3n) is 2.82. The zero-order valence-electron chi connectivity index (χ0n) is 11.9. The first-order chi connectivity index (χ1) is 10.6. The molecule has 6 heteroatoms. The molecule has 6 nitrogen and oxygen atoms in total. The summed E-state index contributed by atoms with van der Waals surface area (Å²) in [7, 11) is 0. The summed E-state index contributed by atoms with van der Waals surface area (Å²) in [5.74, 6) is -1.69. The van der Waals surface area contributed by atoms with Gasteiger partial charge in [-0.25, -0.2) is 5.43 Å². The van der Waals surface area contributed by atoms with Crippen LogP contribution in [0.2, 0.25) is 0 Å². The van der Waals surface area contributed by atoms with Crippen LogP contribution in [0.15, 0.2) is 53.6 Å². The molecule has 0 aliphatic carbocycles. The van der Waals surface area contributed by atoms with E-state index in [4.69, 9.17) is 0 Å². The summed E-state index contributed by atoms with van der Waals surface area (Å²) >= 11 is 0. The second-order valence-electron chi connectivity index (χ2n) is 4.58. The molecule has 0 saturated heterocycles. The van der Waals surface area contributed by atoms with Crippen LogP contribution < -0.4 is 10.7 Å². The number of benzene rings is 2. The Morgan fingerprint density at radius 3 is 2.41 bits per heavy atom. The van der Waals surface area contributed by atoms with Gasteiger partial charge in [-0.05, 0) is 31.2 Å². The second kappa shape index (κ2) is 7.03. The van der Waals surface area contributed by atoms with Gasteiger partial charge in [0.05, 0.1) is 6.21 Å². The monoisotopic (exact) mass is 297 g/mol.